The second-order valence-electron chi connectivity index (χ2n) is 14.5. The molecule has 0 aromatic carbocycles. The molecule has 0 aliphatic heterocycles. The Kier molecular flexibility index (Phi) is 40.9. The second kappa shape index (κ2) is 40.9. The summed E-state index contributed by atoms with van der Waals surface area (Å²) in [5.41, 5.74) is 0. The monoisotopic (exact) mass is 622 g/mol. The third kappa shape index (κ3) is 38.1. The Morgan fingerprint density at radius 3 is 0.932 bits per heavy atom. The van der Waals surface area contributed by atoms with Crippen LogP contribution in [0.3, 0.4) is 0 Å². The van der Waals surface area contributed by atoms with Crippen LogP contribution in [0.25, 0.3) is 0 Å². The molecular formula is C42H87NO. The molecule has 2 heteroatoms. The lowest BCUT2D eigenvalue weighted by Gasteiger charge is -2.17. The summed E-state index contributed by atoms with van der Waals surface area (Å²) >= 11 is 0. The minimum atomic E-state index is 0.983. The SMILES string of the molecule is CCCCCCCCCCOCCCCCCCCNCCCCCCCC(CCCCCCCC)CCCCCCCC. The molecule has 1 N–H and O–H groups in total. The second-order valence-corrected chi connectivity index (χ2v) is 14.5. The molecular weight excluding hydrogens is 534 g/mol. The van der Waals surface area contributed by atoms with E-state index < -0.39 is 0 Å². The summed E-state index contributed by atoms with van der Waals surface area (Å²) in [6.07, 6.45) is 48.4. The van der Waals surface area contributed by atoms with Gasteiger partial charge in [-0.15, -0.1) is 0 Å². The first-order valence-corrected chi connectivity index (χ1v) is 21.1. The third-order valence-electron chi connectivity index (χ3n) is 9.93. The van der Waals surface area contributed by atoms with Gasteiger partial charge in [-0.05, 0) is 44.7 Å². The van der Waals surface area contributed by atoms with Crippen molar-refractivity contribution in [3.05, 3.63) is 0 Å². The molecule has 0 aliphatic carbocycles. The van der Waals surface area contributed by atoms with Crippen molar-refractivity contribution in [2.24, 2.45) is 5.92 Å². The van der Waals surface area contributed by atoms with Crippen molar-refractivity contribution in [2.45, 2.75) is 239 Å². The first-order chi connectivity index (χ1) is 21.8. The van der Waals surface area contributed by atoms with Crippen molar-refractivity contribution in [3.63, 3.8) is 0 Å². The van der Waals surface area contributed by atoms with Crippen LogP contribution in [-0.4, -0.2) is 26.3 Å². The molecule has 0 atom stereocenters. The number of nitrogens with one attached hydrogen (secondary N) is 1. The zero-order valence-corrected chi connectivity index (χ0v) is 31.4. The van der Waals surface area contributed by atoms with Gasteiger partial charge in [0.05, 0.1) is 0 Å². The average molecular weight is 622 g/mol. The largest absolute Gasteiger partial charge is 0.381 e. The molecule has 0 saturated carbocycles. The maximum atomic E-state index is 5.85. The van der Waals surface area contributed by atoms with Gasteiger partial charge in [0.1, 0.15) is 0 Å². The molecule has 266 valence electrons. The van der Waals surface area contributed by atoms with Gasteiger partial charge in [-0.25, -0.2) is 0 Å². The van der Waals surface area contributed by atoms with Crippen molar-refractivity contribution in [2.75, 3.05) is 26.3 Å². The molecule has 0 rings (SSSR count). The van der Waals surface area contributed by atoms with Crippen LogP contribution in [0.5, 0.6) is 0 Å². The Morgan fingerprint density at radius 2 is 0.591 bits per heavy atom. The Hall–Kier alpha value is -0.0800. The van der Waals surface area contributed by atoms with Crippen molar-refractivity contribution in [3.8, 4) is 0 Å². The Balaban J connectivity index is 3.46. The zero-order valence-electron chi connectivity index (χ0n) is 31.4. The van der Waals surface area contributed by atoms with Gasteiger partial charge >= 0.3 is 0 Å². The number of ether oxygens (including phenoxy) is 1. The van der Waals surface area contributed by atoms with E-state index in [9.17, 15) is 0 Å². The van der Waals surface area contributed by atoms with Gasteiger partial charge in [0, 0.05) is 13.2 Å². The van der Waals surface area contributed by atoms with Crippen molar-refractivity contribution < 1.29 is 4.74 Å². The van der Waals surface area contributed by atoms with Gasteiger partial charge in [-0.2, -0.15) is 0 Å². The molecule has 0 bridgehead atoms. The topological polar surface area (TPSA) is 21.3 Å². The Labute approximate surface area is 280 Å². The predicted octanol–water partition coefficient (Wildman–Crippen LogP) is 14.5. The molecule has 0 unspecified atom stereocenters. The fourth-order valence-corrected chi connectivity index (χ4v) is 6.80. The summed E-state index contributed by atoms with van der Waals surface area (Å²) in [6.45, 7) is 11.4. The lowest BCUT2D eigenvalue weighted by molar-refractivity contribution is 0.125. The van der Waals surface area contributed by atoms with E-state index in [1.165, 1.54) is 231 Å². The Morgan fingerprint density at radius 1 is 0.318 bits per heavy atom. The zero-order chi connectivity index (χ0) is 31.9. The maximum Gasteiger partial charge on any atom is 0.0466 e. The van der Waals surface area contributed by atoms with Crippen molar-refractivity contribution in [1.29, 1.82) is 0 Å². The summed E-state index contributed by atoms with van der Waals surface area (Å²) in [5.74, 6) is 1.02. The van der Waals surface area contributed by atoms with E-state index in [0.717, 1.165) is 19.1 Å². The minimum Gasteiger partial charge on any atom is -0.381 e. The summed E-state index contributed by atoms with van der Waals surface area (Å²) < 4.78 is 5.85. The minimum absolute atomic E-state index is 0.983. The van der Waals surface area contributed by atoms with Crippen LogP contribution < -0.4 is 5.32 Å². The first kappa shape index (κ1) is 43.9. The highest BCUT2D eigenvalue weighted by molar-refractivity contribution is 4.62. The fourth-order valence-electron chi connectivity index (χ4n) is 6.80. The van der Waals surface area contributed by atoms with Gasteiger partial charge in [0.2, 0.25) is 0 Å². The smallest absolute Gasteiger partial charge is 0.0466 e. The number of rotatable bonds is 40. The fraction of sp³-hybridized carbons (Fsp3) is 1.00. The number of hydrogen-bond donors (Lipinski definition) is 1. The van der Waals surface area contributed by atoms with Gasteiger partial charge < -0.3 is 10.1 Å². The van der Waals surface area contributed by atoms with Gasteiger partial charge in [0.15, 0.2) is 0 Å². The summed E-state index contributed by atoms with van der Waals surface area (Å²) in [5, 5.41) is 3.71. The van der Waals surface area contributed by atoms with Gasteiger partial charge in [-0.1, -0.05) is 213 Å². The van der Waals surface area contributed by atoms with Crippen LogP contribution in [0.1, 0.15) is 239 Å². The van der Waals surface area contributed by atoms with Gasteiger partial charge in [0.25, 0.3) is 0 Å². The molecule has 2 nitrogen and oxygen atoms in total. The molecule has 0 aromatic heterocycles. The van der Waals surface area contributed by atoms with E-state index in [4.69, 9.17) is 4.74 Å². The van der Waals surface area contributed by atoms with Crippen LogP contribution >= 0.6 is 0 Å². The lowest BCUT2D eigenvalue weighted by atomic mass is 9.89. The van der Waals surface area contributed by atoms with Gasteiger partial charge in [-0.3, -0.25) is 0 Å². The van der Waals surface area contributed by atoms with E-state index in [0.29, 0.717) is 0 Å². The molecule has 0 amide bonds. The molecule has 0 saturated heterocycles. The normalized spacial score (nSPS) is 11.7. The standard InChI is InChI=1S/C42H87NO/c1-4-7-10-13-16-18-26-33-40-44-41-34-27-19-17-24-31-38-43-39-32-25-20-23-30-37-42(35-28-21-14-11-8-5-2)36-29-22-15-12-9-6-3/h42-43H,4-41H2,1-3H3. The van der Waals surface area contributed by atoms with Crippen LogP contribution in [0.2, 0.25) is 0 Å². The highest BCUT2D eigenvalue weighted by atomic mass is 16.5. The molecule has 0 radical (unpaired) electrons. The van der Waals surface area contributed by atoms with Crippen LogP contribution in [-0.2, 0) is 4.74 Å². The molecule has 0 heterocycles. The Bertz CT molecular complexity index is 464. The highest BCUT2D eigenvalue weighted by Gasteiger charge is 2.09. The number of unbranched alkanes of at least 4 members (excludes halogenated alkanes) is 26. The van der Waals surface area contributed by atoms with Crippen LogP contribution in [0.4, 0.5) is 0 Å². The van der Waals surface area contributed by atoms with E-state index >= 15 is 0 Å². The van der Waals surface area contributed by atoms with E-state index in [-0.39, 0.29) is 0 Å². The molecule has 0 aliphatic rings. The van der Waals surface area contributed by atoms with E-state index in [1.807, 2.05) is 0 Å². The van der Waals surface area contributed by atoms with Crippen LogP contribution in [0, 0.1) is 5.92 Å². The van der Waals surface area contributed by atoms with Crippen molar-refractivity contribution in [1.82, 2.24) is 5.32 Å². The van der Waals surface area contributed by atoms with Crippen LogP contribution in [0.15, 0.2) is 0 Å². The molecule has 44 heavy (non-hydrogen) atoms. The summed E-state index contributed by atoms with van der Waals surface area (Å²) in [6, 6.07) is 0. The highest BCUT2D eigenvalue weighted by Crippen LogP contribution is 2.24. The summed E-state index contributed by atoms with van der Waals surface area (Å²) in [7, 11) is 0. The maximum absolute atomic E-state index is 5.85. The van der Waals surface area contributed by atoms with E-state index in [1.54, 1.807) is 0 Å². The lowest BCUT2D eigenvalue weighted by Crippen LogP contribution is -2.16. The van der Waals surface area contributed by atoms with E-state index in [2.05, 4.69) is 26.1 Å². The quantitative estimate of drug-likeness (QED) is 0.0687. The third-order valence-corrected chi connectivity index (χ3v) is 9.93. The summed E-state index contributed by atoms with van der Waals surface area (Å²) in [4.78, 5) is 0. The molecule has 0 fully saturated rings. The molecule has 0 spiro atoms. The average Bonchev–Trinajstić information content (AvgIpc) is 3.03. The predicted molar refractivity (Wildman–Crippen MR) is 201 cm³/mol. The first-order valence-electron chi connectivity index (χ1n) is 21.1. The molecule has 0 aromatic rings. The number of hydrogen-bond acceptors (Lipinski definition) is 2. The van der Waals surface area contributed by atoms with Crippen molar-refractivity contribution >= 4 is 0 Å².